The van der Waals surface area contributed by atoms with Crippen LogP contribution >= 0.6 is 22.7 Å². The number of hydrogen-bond acceptors (Lipinski definition) is 7. The van der Waals surface area contributed by atoms with Crippen LogP contribution in [0.3, 0.4) is 0 Å². The zero-order valence-corrected chi connectivity index (χ0v) is 15.2. The Morgan fingerprint density at radius 3 is 2.77 bits per heavy atom. The Morgan fingerprint density at radius 2 is 2.04 bits per heavy atom. The molecule has 0 amide bonds. The standard InChI is InChI=1S/C17H12FN3O3S2/c1-8-2-3-11(25-8)9-4-10(18)17-12(5-9)26-15(19-17)6-13-20-21-14(24-13)7-16(22)23/h2-5H,6-7H2,1H3,(H,22,23). The van der Waals surface area contributed by atoms with Crippen LogP contribution < -0.4 is 0 Å². The molecule has 0 unspecified atom stereocenters. The lowest BCUT2D eigenvalue weighted by molar-refractivity contribution is -0.136. The molecular formula is C17H12FN3O3S2. The Labute approximate surface area is 155 Å². The van der Waals surface area contributed by atoms with E-state index < -0.39 is 5.97 Å². The fourth-order valence-corrected chi connectivity index (χ4v) is 4.40. The third kappa shape index (κ3) is 3.35. The molecule has 1 N–H and O–H groups in total. The van der Waals surface area contributed by atoms with Gasteiger partial charge in [-0.1, -0.05) is 0 Å². The molecule has 0 atom stereocenters. The first-order valence-corrected chi connectivity index (χ1v) is 9.30. The van der Waals surface area contributed by atoms with E-state index in [0.717, 1.165) is 15.1 Å². The Hall–Kier alpha value is -2.65. The van der Waals surface area contributed by atoms with Gasteiger partial charge in [-0.3, -0.25) is 4.79 Å². The number of carbonyl (C=O) groups is 1. The van der Waals surface area contributed by atoms with Crippen LogP contribution in [-0.2, 0) is 17.6 Å². The van der Waals surface area contributed by atoms with Gasteiger partial charge in [0.2, 0.25) is 11.8 Å². The Kier molecular flexibility index (Phi) is 4.25. The topological polar surface area (TPSA) is 89.1 Å². The molecule has 6 nitrogen and oxygen atoms in total. The summed E-state index contributed by atoms with van der Waals surface area (Å²) in [6, 6.07) is 7.40. The van der Waals surface area contributed by atoms with Crippen molar-refractivity contribution in [1.82, 2.24) is 15.2 Å². The molecule has 26 heavy (non-hydrogen) atoms. The van der Waals surface area contributed by atoms with Crippen molar-refractivity contribution in [2.24, 2.45) is 0 Å². The van der Waals surface area contributed by atoms with E-state index in [9.17, 15) is 9.18 Å². The number of benzene rings is 1. The average molecular weight is 389 g/mol. The summed E-state index contributed by atoms with van der Waals surface area (Å²) in [5, 5.41) is 16.9. The number of hydrogen-bond donors (Lipinski definition) is 1. The first-order chi connectivity index (χ1) is 12.5. The number of halogens is 1. The highest BCUT2D eigenvalue weighted by Gasteiger charge is 2.15. The molecular weight excluding hydrogens is 377 g/mol. The summed E-state index contributed by atoms with van der Waals surface area (Å²) in [5.41, 5.74) is 1.14. The molecule has 0 fully saturated rings. The Bertz CT molecular complexity index is 1120. The highest BCUT2D eigenvalue weighted by atomic mass is 32.1. The first-order valence-electron chi connectivity index (χ1n) is 7.67. The predicted molar refractivity (Wildman–Crippen MR) is 96.1 cm³/mol. The second kappa shape index (κ2) is 6.58. The van der Waals surface area contributed by atoms with Crippen LogP contribution in [-0.4, -0.2) is 26.3 Å². The quantitative estimate of drug-likeness (QED) is 0.553. The van der Waals surface area contributed by atoms with Crippen LogP contribution in [0, 0.1) is 12.7 Å². The molecule has 4 aromatic rings. The van der Waals surface area contributed by atoms with Gasteiger partial charge in [0, 0.05) is 9.75 Å². The average Bonchev–Trinajstić information content (AvgIpc) is 3.27. The molecule has 0 saturated carbocycles. The summed E-state index contributed by atoms with van der Waals surface area (Å²) in [5.74, 6) is -1.12. The number of fused-ring (bicyclic) bond motifs is 1. The van der Waals surface area contributed by atoms with Gasteiger partial charge in [-0.05, 0) is 36.8 Å². The van der Waals surface area contributed by atoms with Gasteiger partial charge in [0.15, 0.2) is 5.82 Å². The monoisotopic (exact) mass is 389 g/mol. The third-order valence-electron chi connectivity index (χ3n) is 3.63. The molecule has 0 radical (unpaired) electrons. The van der Waals surface area contributed by atoms with Gasteiger partial charge >= 0.3 is 5.97 Å². The van der Waals surface area contributed by atoms with Crippen molar-refractivity contribution in [1.29, 1.82) is 0 Å². The number of rotatable bonds is 5. The van der Waals surface area contributed by atoms with E-state index in [4.69, 9.17) is 9.52 Å². The molecule has 0 bridgehead atoms. The zero-order chi connectivity index (χ0) is 18.3. The van der Waals surface area contributed by atoms with Gasteiger partial charge in [-0.15, -0.1) is 32.9 Å². The van der Waals surface area contributed by atoms with Crippen molar-refractivity contribution in [2.75, 3.05) is 0 Å². The van der Waals surface area contributed by atoms with Crippen molar-refractivity contribution in [2.45, 2.75) is 19.8 Å². The number of carboxylic acids is 1. The zero-order valence-electron chi connectivity index (χ0n) is 13.5. The molecule has 3 heterocycles. The van der Waals surface area contributed by atoms with Gasteiger partial charge in [0.1, 0.15) is 16.9 Å². The molecule has 4 rings (SSSR count). The maximum atomic E-state index is 14.5. The van der Waals surface area contributed by atoms with Gasteiger partial charge in [0.05, 0.1) is 11.1 Å². The van der Waals surface area contributed by atoms with E-state index >= 15 is 0 Å². The minimum Gasteiger partial charge on any atom is -0.481 e. The van der Waals surface area contributed by atoms with E-state index in [-0.39, 0.29) is 30.4 Å². The van der Waals surface area contributed by atoms with E-state index in [2.05, 4.69) is 15.2 Å². The summed E-state index contributed by atoms with van der Waals surface area (Å²) < 4.78 is 20.5. The van der Waals surface area contributed by atoms with Crippen LogP contribution in [0.5, 0.6) is 0 Å². The van der Waals surface area contributed by atoms with Crippen molar-refractivity contribution < 1.29 is 18.7 Å². The van der Waals surface area contributed by atoms with Crippen LogP contribution in [0.1, 0.15) is 21.7 Å². The fourth-order valence-electron chi connectivity index (χ4n) is 2.53. The second-order valence-corrected chi connectivity index (χ2v) is 8.06. The highest BCUT2D eigenvalue weighted by molar-refractivity contribution is 7.18. The van der Waals surface area contributed by atoms with Crippen LogP contribution in [0.4, 0.5) is 4.39 Å². The molecule has 0 aliphatic carbocycles. The first kappa shape index (κ1) is 16.8. The maximum Gasteiger partial charge on any atom is 0.312 e. The van der Waals surface area contributed by atoms with E-state index in [1.165, 1.54) is 22.3 Å². The minimum absolute atomic E-state index is 0.0372. The molecule has 0 aliphatic heterocycles. The van der Waals surface area contributed by atoms with Gasteiger partial charge in [0.25, 0.3) is 0 Å². The van der Waals surface area contributed by atoms with Crippen LogP contribution in [0.2, 0.25) is 0 Å². The number of nitrogens with zero attached hydrogens (tertiary/aromatic N) is 3. The van der Waals surface area contributed by atoms with Crippen molar-refractivity contribution in [3.05, 3.63) is 51.7 Å². The summed E-state index contributed by atoms with van der Waals surface area (Å²) >= 11 is 2.97. The molecule has 9 heteroatoms. The van der Waals surface area contributed by atoms with Gasteiger partial charge < -0.3 is 9.52 Å². The molecule has 1 aromatic carbocycles. The van der Waals surface area contributed by atoms with Crippen molar-refractivity contribution >= 4 is 38.9 Å². The lowest BCUT2D eigenvalue weighted by Crippen LogP contribution is -1.99. The highest BCUT2D eigenvalue weighted by Crippen LogP contribution is 2.34. The lowest BCUT2D eigenvalue weighted by Gasteiger charge is -1.98. The summed E-state index contributed by atoms with van der Waals surface area (Å²) in [6.45, 7) is 2.01. The van der Waals surface area contributed by atoms with Crippen molar-refractivity contribution in [3.63, 3.8) is 0 Å². The molecule has 0 aliphatic rings. The largest absolute Gasteiger partial charge is 0.481 e. The van der Waals surface area contributed by atoms with Crippen molar-refractivity contribution in [3.8, 4) is 10.4 Å². The summed E-state index contributed by atoms with van der Waals surface area (Å²) in [6.07, 6.45) is -0.0933. The number of aryl methyl sites for hydroxylation is 1. The van der Waals surface area contributed by atoms with E-state index in [1.54, 1.807) is 11.3 Å². The van der Waals surface area contributed by atoms with Crippen LogP contribution in [0.25, 0.3) is 20.7 Å². The Morgan fingerprint density at radius 1 is 1.23 bits per heavy atom. The fraction of sp³-hybridized carbons (Fsp3) is 0.176. The number of thiophene rings is 1. The van der Waals surface area contributed by atoms with Gasteiger partial charge in [-0.2, -0.15) is 0 Å². The SMILES string of the molecule is Cc1ccc(-c2cc(F)c3nc(Cc4nnc(CC(=O)O)o4)sc3c2)s1. The number of aromatic nitrogens is 3. The lowest BCUT2D eigenvalue weighted by atomic mass is 10.2. The number of thiazole rings is 1. The second-order valence-electron chi connectivity index (χ2n) is 5.66. The number of carboxylic acid groups (broad SMARTS) is 1. The minimum atomic E-state index is -1.04. The molecule has 3 aromatic heterocycles. The number of aliphatic carboxylic acids is 1. The van der Waals surface area contributed by atoms with E-state index in [1.807, 2.05) is 25.1 Å². The molecule has 132 valence electrons. The summed E-state index contributed by atoms with van der Waals surface area (Å²) in [4.78, 5) is 17.2. The molecule has 0 spiro atoms. The van der Waals surface area contributed by atoms with Crippen LogP contribution in [0.15, 0.2) is 28.7 Å². The molecule has 0 saturated heterocycles. The van der Waals surface area contributed by atoms with Gasteiger partial charge in [-0.25, -0.2) is 9.37 Å². The van der Waals surface area contributed by atoms with E-state index in [0.29, 0.717) is 10.5 Å². The third-order valence-corrected chi connectivity index (χ3v) is 5.68. The smallest absolute Gasteiger partial charge is 0.312 e. The normalized spacial score (nSPS) is 11.3. The predicted octanol–water partition coefficient (Wildman–Crippen LogP) is 4.07. The maximum absolute atomic E-state index is 14.5. The summed E-state index contributed by atoms with van der Waals surface area (Å²) in [7, 11) is 0. The Balaban J connectivity index is 1.64.